The highest BCUT2D eigenvalue weighted by Gasteiger charge is 2.11. The largest absolute Gasteiger partial charge is 0.281 e. The summed E-state index contributed by atoms with van der Waals surface area (Å²) in [5.74, 6) is 0. The van der Waals surface area contributed by atoms with Crippen LogP contribution in [0.1, 0.15) is 16.1 Å². The number of fused-ring (bicyclic) bond motifs is 1. The summed E-state index contributed by atoms with van der Waals surface area (Å²) in [6.07, 6.45) is 0. The van der Waals surface area contributed by atoms with Crippen LogP contribution in [0.25, 0.3) is 15.9 Å². The Morgan fingerprint density at radius 1 is 1.07 bits per heavy atom. The molecule has 0 saturated carbocycles. The Kier molecular flexibility index (Phi) is 4.86. The van der Waals surface area contributed by atoms with Gasteiger partial charge in [0.25, 0.3) is 0 Å². The van der Waals surface area contributed by atoms with Crippen molar-refractivity contribution in [1.29, 1.82) is 0 Å². The quantitative estimate of drug-likeness (QED) is 0.475. The Bertz CT molecular complexity index is 1100. The second-order valence-corrected chi connectivity index (χ2v) is 8.23. The highest BCUT2D eigenvalue weighted by molar-refractivity contribution is 7.71. The van der Waals surface area contributed by atoms with Crippen molar-refractivity contribution in [3.8, 4) is 5.69 Å². The first-order valence-corrected chi connectivity index (χ1v) is 9.86. The molecule has 138 valence electrons. The van der Waals surface area contributed by atoms with Gasteiger partial charge in [-0.3, -0.25) is 4.90 Å². The summed E-state index contributed by atoms with van der Waals surface area (Å²) in [5, 5.41) is 9.57. The van der Waals surface area contributed by atoms with Crippen molar-refractivity contribution < 1.29 is 0 Å². The second kappa shape index (κ2) is 7.30. The van der Waals surface area contributed by atoms with E-state index in [0.29, 0.717) is 11.4 Å². The van der Waals surface area contributed by atoms with Crippen LogP contribution in [0.5, 0.6) is 0 Å². The van der Waals surface area contributed by atoms with E-state index in [0.717, 1.165) is 22.8 Å². The number of hydrogen-bond donors (Lipinski definition) is 0. The normalized spacial score (nSPS) is 11.6. The average molecular weight is 397 g/mol. The van der Waals surface area contributed by atoms with Gasteiger partial charge in [-0.05, 0) is 78.9 Å². The first-order valence-electron chi connectivity index (χ1n) is 8.64. The Hall–Kier alpha value is -2.42. The Balaban J connectivity index is 1.52. The highest BCUT2D eigenvalue weighted by atomic mass is 32.1. The molecule has 0 atom stereocenters. The van der Waals surface area contributed by atoms with E-state index >= 15 is 0 Å². The van der Waals surface area contributed by atoms with Crippen molar-refractivity contribution in [1.82, 2.24) is 29.7 Å². The van der Waals surface area contributed by atoms with Gasteiger partial charge in [0.15, 0.2) is 0 Å². The van der Waals surface area contributed by atoms with Crippen molar-refractivity contribution in [3.63, 3.8) is 0 Å². The van der Waals surface area contributed by atoms with Crippen LogP contribution in [0.15, 0.2) is 42.5 Å². The molecule has 0 spiro atoms. The number of nitrogens with zero attached hydrogens (tertiary/aromatic N) is 6. The van der Waals surface area contributed by atoms with Crippen molar-refractivity contribution >= 4 is 33.8 Å². The number of hydrogen-bond acceptors (Lipinski definition) is 6. The summed E-state index contributed by atoms with van der Waals surface area (Å²) in [6.45, 7) is 5.42. The summed E-state index contributed by atoms with van der Waals surface area (Å²) in [5.41, 5.74) is 4.34. The molecule has 0 N–H and O–H groups in total. The van der Waals surface area contributed by atoms with Crippen LogP contribution >= 0.6 is 23.6 Å². The summed E-state index contributed by atoms with van der Waals surface area (Å²) in [7, 11) is 2.03. The number of benzene rings is 2. The maximum Gasteiger partial charge on any atom is 0.221 e. The second-order valence-electron chi connectivity index (χ2n) is 6.75. The number of tetrazole rings is 1. The van der Waals surface area contributed by atoms with Crippen molar-refractivity contribution in [2.75, 3.05) is 7.05 Å². The van der Waals surface area contributed by atoms with Crippen molar-refractivity contribution in [2.24, 2.45) is 0 Å². The van der Waals surface area contributed by atoms with Crippen LogP contribution in [0, 0.1) is 18.6 Å². The van der Waals surface area contributed by atoms with Gasteiger partial charge in [0.1, 0.15) is 5.01 Å². The molecular weight excluding hydrogens is 376 g/mol. The Labute approximate surface area is 166 Å². The molecule has 0 aliphatic heterocycles. The van der Waals surface area contributed by atoms with E-state index in [2.05, 4.69) is 58.4 Å². The molecule has 4 rings (SSSR count). The van der Waals surface area contributed by atoms with Gasteiger partial charge in [-0.2, -0.15) is 4.68 Å². The number of aryl methyl sites for hydroxylation is 2. The number of aromatic nitrogens is 5. The van der Waals surface area contributed by atoms with E-state index < -0.39 is 0 Å². The predicted octanol–water partition coefficient (Wildman–Crippen LogP) is 4.11. The minimum Gasteiger partial charge on any atom is -0.281 e. The fraction of sp³-hybridized carbons (Fsp3) is 0.263. The van der Waals surface area contributed by atoms with Gasteiger partial charge in [0.05, 0.1) is 29.1 Å². The van der Waals surface area contributed by atoms with E-state index in [9.17, 15) is 0 Å². The minimum absolute atomic E-state index is 0.555. The van der Waals surface area contributed by atoms with Gasteiger partial charge in [-0.25, -0.2) is 9.67 Å². The van der Waals surface area contributed by atoms with Gasteiger partial charge in [-0.15, -0.1) is 11.3 Å². The maximum atomic E-state index is 5.59. The molecule has 27 heavy (non-hydrogen) atoms. The Morgan fingerprint density at radius 2 is 1.81 bits per heavy atom. The topological polar surface area (TPSA) is 51.8 Å². The molecule has 2 heterocycles. The first-order chi connectivity index (χ1) is 13.0. The van der Waals surface area contributed by atoms with E-state index in [1.54, 1.807) is 20.7 Å². The van der Waals surface area contributed by atoms with Gasteiger partial charge < -0.3 is 0 Å². The Morgan fingerprint density at radius 3 is 2.56 bits per heavy atom. The van der Waals surface area contributed by atoms with Crippen LogP contribution in [0.3, 0.4) is 0 Å². The molecule has 2 aromatic carbocycles. The molecule has 0 aliphatic carbocycles. The van der Waals surface area contributed by atoms with E-state index in [1.165, 1.54) is 15.8 Å². The average Bonchev–Trinajstić information content (AvgIpc) is 3.17. The molecule has 0 saturated heterocycles. The zero-order chi connectivity index (χ0) is 19.0. The monoisotopic (exact) mass is 396 g/mol. The maximum absolute atomic E-state index is 5.59. The lowest BCUT2D eigenvalue weighted by atomic mass is 10.1. The molecule has 4 aromatic rings. The molecule has 6 nitrogen and oxygen atoms in total. The fourth-order valence-electron chi connectivity index (χ4n) is 3.10. The third-order valence-electron chi connectivity index (χ3n) is 4.21. The SMILES string of the molecule is Cc1cc(C)cc(-n2nnn(CN(C)Cc3nc4ccccc4s3)c2=S)c1. The molecule has 0 fully saturated rings. The lowest BCUT2D eigenvalue weighted by Crippen LogP contribution is -2.22. The number of rotatable bonds is 5. The third kappa shape index (κ3) is 3.83. The summed E-state index contributed by atoms with van der Waals surface area (Å²) in [6, 6.07) is 14.4. The molecular formula is C19H20N6S2. The molecule has 8 heteroatoms. The minimum atomic E-state index is 0.555. The van der Waals surface area contributed by atoms with E-state index in [1.807, 2.05) is 25.2 Å². The molecule has 0 unspecified atom stereocenters. The zero-order valence-corrected chi connectivity index (χ0v) is 17.1. The fourth-order valence-corrected chi connectivity index (χ4v) is 4.38. The van der Waals surface area contributed by atoms with Crippen LogP contribution in [-0.4, -0.2) is 36.7 Å². The van der Waals surface area contributed by atoms with E-state index in [4.69, 9.17) is 12.2 Å². The standard InChI is InChI=1S/C19H20N6S2/c1-13-8-14(2)10-15(9-13)25-19(26)24(21-22-25)12-23(3)11-18-20-16-6-4-5-7-17(16)27-18/h4-10H,11-12H2,1-3H3. The van der Waals surface area contributed by atoms with Crippen LogP contribution in [-0.2, 0) is 13.2 Å². The summed E-state index contributed by atoms with van der Waals surface area (Å²) in [4.78, 5) is 6.82. The van der Waals surface area contributed by atoms with E-state index in [-0.39, 0.29) is 0 Å². The van der Waals surface area contributed by atoms with Crippen LogP contribution in [0.4, 0.5) is 0 Å². The molecule has 0 bridgehead atoms. The van der Waals surface area contributed by atoms with Crippen LogP contribution < -0.4 is 0 Å². The van der Waals surface area contributed by atoms with Gasteiger partial charge in [-0.1, -0.05) is 18.2 Å². The highest BCUT2D eigenvalue weighted by Crippen LogP contribution is 2.22. The van der Waals surface area contributed by atoms with Crippen molar-refractivity contribution in [2.45, 2.75) is 27.1 Å². The molecule has 0 aliphatic rings. The molecule has 2 aromatic heterocycles. The van der Waals surface area contributed by atoms with Crippen molar-refractivity contribution in [3.05, 3.63) is 63.4 Å². The molecule has 0 amide bonds. The smallest absolute Gasteiger partial charge is 0.221 e. The summed E-state index contributed by atoms with van der Waals surface area (Å²) >= 11 is 7.31. The third-order valence-corrected chi connectivity index (χ3v) is 5.61. The van der Waals surface area contributed by atoms with Gasteiger partial charge >= 0.3 is 0 Å². The predicted molar refractivity (Wildman–Crippen MR) is 111 cm³/mol. The van der Waals surface area contributed by atoms with Crippen LogP contribution in [0.2, 0.25) is 0 Å². The van der Waals surface area contributed by atoms with Gasteiger partial charge in [0.2, 0.25) is 4.77 Å². The lowest BCUT2D eigenvalue weighted by molar-refractivity contribution is 0.242. The summed E-state index contributed by atoms with van der Waals surface area (Å²) < 4.78 is 5.23. The molecule has 0 radical (unpaired) electrons. The number of thiazole rings is 1. The lowest BCUT2D eigenvalue weighted by Gasteiger charge is -2.14. The number of para-hydroxylation sites is 1. The first kappa shape index (κ1) is 18.0. The van der Waals surface area contributed by atoms with Gasteiger partial charge in [0, 0.05) is 0 Å². The zero-order valence-electron chi connectivity index (χ0n) is 15.5.